The molecule has 2 heteroatoms. The van der Waals surface area contributed by atoms with Gasteiger partial charge in [0.25, 0.3) is 0 Å². The zero-order valence-corrected chi connectivity index (χ0v) is 13.1. The molecule has 0 aromatic heterocycles. The molecule has 0 fully saturated rings. The van der Waals surface area contributed by atoms with Crippen LogP contribution in [0.5, 0.6) is 0 Å². The Bertz CT molecular complexity index is 374. The Kier molecular flexibility index (Phi) is 7.11. The van der Waals surface area contributed by atoms with Crippen LogP contribution >= 0.6 is 0 Å². The lowest BCUT2D eigenvalue weighted by atomic mass is 10.0. The van der Waals surface area contributed by atoms with Gasteiger partial charge in [0, 0.05) is 6.61 Å². The molecule has 0 aliphatic heterocycles. The minimum absolute atomic E-state index is 0.290. The minimum Gasteiger partial charge on any atom is -0.379 e. The van der Waals surface area contributed by atoms with Gasteiger partial charge >= 0.3 is 0 Å². The predicted octanol–water partition coefficient (Wildman–Crippen LogP) is 4.02. The zero-order valence-electron chi connectivity index (χ0n) is 13.1. The van der Waals surface area contributed by atoms with Crippen LogP contribution in [0.25, 0.3) is 0 Å². The van der Waals surface area contributed by atoms with Crippen molar-refractivity contribution in [1.82, 2.24) is 5.32 Å². The zero-order chi connectivity index (χ0) is 14.3. The van der Waals surface area contributed by atoms with E-state index >= 15 is 0 Å². The fourth-order valence-corrected chi connectivity index (χ4v) is 2.12. The molecule has 108 valence electrons. The molecule has 19 heavy (non-hydrogen) atoms. The normalized spacial score (nSPS) is 12.9. The third kappa shape index (κ3) is 5.75. The quantitative estimate of drug-likeness (QED) is 0.715. The van der Waals surface area contributed by atoms with Crippen LogP contribution in [0.2, 0.25) is 0 Å². The van der Waals surface area contributed by atoms with Crippen LogP contribution in [-0.2, 0) is 4.74 Å². The van der Waals surface area contributed by atoms with E-state index in [1.165, 1.54) is 23.1 Å². The van der Waals surface area contributed by atoms with Crippen LogP contribution in [0.15, 0.2) is 18.2 Å². The molecular formula is C17H29NO. The third-order valence-corrected chi connectivity index (χ3v) is 3.64. The molecule has 1 N–H and O–H groups in total. The van der Waals surface area contributed by atoms with E-state index in [2.05, 4.69) is 51.2 Å². The molecule has 1 unspecified atom stereocenters. The first-order valence-electron chi connectivity index (χ1n) is 7.36. The summed E-state index contributed by atoms with van der Waals surface area (Å²) in [6.45, 7) is 10.4. The number of nitrogens with one attached hydrogen (secondary N) is 1. The Hall–Kier alpha value is -0.860. The van der Waals surface area contributed by atoms with Crippen molar-refractivity contribution < 1.29 is 4.74 Å². The number of rotatable bonds is 8. The highest BCUT2D eigenvalue weighted by Crippen LogP contribution is 2.17. The summed E-state index contributed by atoms with van der Waals surface area (Å²) in [4.78, 5) is 0. The summed E-state index contributed by atoms with van der Waals surface area (Å²) < 4.78 is 5.80. The van der Waals surface area contributed by atoms with Crippen molar-refractivity contribution in [1.29, 1.82) is 0 Å². The van der Waals surface area contributed by atoms with Crippen LogP contribution in [0.3, 0.4) is 0 Å². The highest BCUT2D eigenvalue weighted by atomic mass is 16.5. The largest absolute Gasteiger partial charge is 0.379 e. The first-order valence-corrected chi connectivity index (χ1v) is 7.36. The Morgan fingerprint density at radius 3 is 2.47 bits per heavy atom. The molecule has 0 saturated heterocycles. The van der Waals surface area contributed by atoms with Gasteiger partial charge in [0.15, 0.2) is 0 Å². The van der Waals surface area contributed by atoms with Crippen LogP contribution in [0.1, 0.15) is 49.4 Å². The fourth-order valence-electron chi connectivity index (χ4n) is 2.12. The van der Waals surface area contributed by atoms with E-state index in [0.29, 0.717) is 6.04 Å². The number of ether oxygens (including phenoxy) is 1. The van der Waals surface area contributed by atoms with Gasteiger partial charge in [0.2, 0.25) is 0 Å². The molecule has 0 radical (unpaired) electrons. The smallest absolute Gasteiger partial charge is 0.0661 e. The molecule has 0 amide bonds. The molecule has 1 aromatic carbocycles. The maximum Gasteiger partial charge on any atom is 0.0661 e. The second kappa shape index (κ2) is 8.34. The second-order valence-corrected chi connectivity index (χ2v) is 5.80. The van der Waals surface area contributed by atoms with E-state index in [0.717, 1.165) is 25.6 Å². The minimum atomic E-state index is 0.290. The average Bonchev–Trinajstić information content (AvgIpc) is 2.37. The SMILES string of the molecule is CNC(COCCCC(C)C)c1ccc(C)c(C)c1. The number of hydrogen-bond donors (Lipinski definition) is 1. The van der Waals surface area contributed by atoms with E-state index in [1.807, 2.05) is 7.05 Å². The van der Waals surface area contributed by atoms with Crippen LogP contribution in [0, 0.1) is 19.8 Å². The van der Waals surface area contributed by atoms with E-state index in [9.17, 15) is 0 Å². The molecule has 0 spiro atoms. The molecule has 0 aliphatic rings. The van der Waals surface area contributed by atoms with E-state index in [-0.39, 0.29) is 0 Å². The number of benzene rings is 1. The molecule has 0 saturated carbocycles. The number of likely N-dealkylation sites (N-methyl/N-ethyl adjacent to an activating group) is 1. The maximum absolute atomic E-state index is 5.80. The molecule has 0 heterocycles. The summed E-state index contributed by atoms with van der Waals surface area (Å²) >= 11 is 0. The van der Waals surface area contributed by atoms with Crippen LogP contribution < -0.4 is 5.32 Å². The van der Waals surface area contributed by atoms with Gasteiger partial charge in [-0.1, -0.05) is 32.0 Å². The lowest BCUT2D eigenvalue weighted by Crippen LogP contribution is -2.22. The summed E-state index contributed by atoms with van der Waals surface area (Å²) in [5.41, 5.74) is 4.00. The third-order valence-electron chi connectivity index (χ3n) is 3.64. The summed E-state index contributed by atoms with van der Waals surface area (Å²) in [5.74, 6) is 0.767. The van der Waals surface area contributed by atoms with E-state index in [4.69, 9.17) is 4.74 Å². The average molecular weight is 263 g/mol. The van der Waals surface area contributed by atoms with E-state index in [1.54, 1.807) is 0 Å². The summed E-state index contributed by atoms with van der Waals surface area (Å²) in [7, 11) is 2.00. The fraction of sp³-hybridized carbons (Fsp3) is 0.647. The molecule has 0 bridgehead atoms. The van der Waals surface area contributed by atoms with Gasteiger partial charge in [-0.25, -0.2) is 0 Å². The molecule has 0 aliphatic carbocycles. The molecule has 1 aromatic rings. The van der Waals surface area contributed by atoms with Gasteiger partial charge in [0.1, 0.15) is 0 Å². The highest BCUT2D eigenvalue weighted by molar-refractivity contribution is 5.31. The first kappa shape index (κ1) is 16.2. The number of aryl methyl sites for hydroxylation is 2. The lowest BCUT2D eigenvalue weighted by molar-refractivity contribution is 0.108. The summed E-state index contributed by atoms with van der Waals surface area (Å²) in [6, 6.07) is 6.93. The van der Waals surface area contributed by atoms with Crippen molar-refractivity contribution in [3.05, 3.63) is 34.9 Å². The Morgan fingerprint density at radius 2 is 1.89 bits per heavy atom. The van der Waals surface area contributed by atoms with Crippen molar-refractivity contribution in [2.24, 2.45) is 5.92 Å². The summed E-state index contributed by atoms with van der Waals surface area (Å²) in [6.07, 6.45) is 2.40. The monoisotopic (exact) mass is 263 g/mol. The van der Waals surface area contributed by atoms with Crippen LogP contribution in [0.4, 0.5) is 0 Å². The van der Waals surface area contributed by atoms with Gasteiger partial charge in [-0.05, 0) is 56.3 Å². The standard InChI is InChI=1S/C17H29NO/c1-13(2)7-6-10-19-12-17(18-5)16-9-8-14(3)15(4)11-16/h8-9,11,13,17-18H,6-7,10,12H2,1-5H3. The van der Waals surface area contributed by atoms with Gasteiger partial charge in [-0.15, -0.1) is 0 Å². The van der Waals surface area contributed by atoms with Crippen molar-refractivity contribution in [2.45, 2.75) is 46.6 Å². The Morgan fingerprint density at radius 1 is 1.16 bits per heavy atom. The molecule has 1 rings (SSSR count). The van der Waals surface area contributed by atoms with Crippen molar-refractivity contribution in [3.8, 4) is 0 Å². The Balaban J connectivity index is 2.42. The summed E-state index contributed by atoms with van der Waals surface area (Å²) in [5, 5.41) is 3.34. The van der Waals surface area contributed by atoms with Crippen LogP contribution in [-0.4, -0.2) is 20.3 Å². The maximum atomic E-state index is 5.80. The molecular weight excluding hydrogens is 234 g/mol. The van der Waals surface area contributed by atoms with E-state index < -0.39 is 0 Å². The van der Waals surface area contributed by atoms with Gasteiger partial charge < -0.3 is 10.1 Å². The van der Waals surface area contributed by atoms with Gasteiger partial charge in [-0.2, -0.15) is 0 Å². The predicted molar refractivity (Wildman–Crippen MR) is 82.6 cm³/mol. The number of hydrogen-bond acceptors (Lipinski definition) is 2. The molecule has 2 nitrogen and oxygen atoms in total. The Labute approximate surface area is 118 Å². The van der Waals surface area contributed by atoms with Gasteiger partial charge in [0.05, 0.1) is 12.6 Å². The first-order chi connectivity index (χ1) is 9.04. The van der Waals surface area contributed by atoms with Crippen molar-refractivity contribution in [3.63, 3.8) is 0 Å². The highest BCUT2D eigenvalue weighted by Gasteiger charge is 2.10. The lowest BCUT2D eigenvalue weighted by Gasteiger charge is -2.18. The van der Waals surface area contributed by atoms with Gasteiger partial charge in [-0.3, -0.25) is 0 Å². The van der Waals surface area contributed by atoms with Crippen molar-refractivity contribution in [2.75, 3.05) is 20.3 Å². The topological polar surface area (TPSA) is 21.3 Å². The van der Waals surface area contributed by atoms with Crippen molar-refractivity contribution >= 4 is 0 Å². The second-order valence-electron chi connectivity index (χ2n) is 5.80. The molecule has 1 atom stereocenters.